The van der Waals surface area contributed by atoms with Crippen LogP contribution in [-0.4, -0.2) is 48.3 Å². The second kappa shape index (κ2) is 5.99. The maximum atomic E-state index is 10.4. The van der Waals surface area contributed by atoms with E-state index in [9.17, 15) is 5.11 Å². The molecular weight excluding hydrogens is 200 g/mol. The van der Waals surface area contributed by atoms with Crippen molar-refractivity contribution in [2.45, 2.75) is 51.7 Å². The van der Waals surface area contributed by atoms with Gasteiger partial charge in [0.1, 0.15) is 0 Å². The molecule has 0 amide bonds. The summed E-state index contributed by atoms with van der Waals surface area (Å²) in [6, 6.07) is 0.601. The van der Waals surface area contributed by atoms with E-state index in [1.54, 1.807) is 0 Å². The molecule has 0 aromatic rings. The molecule has 0 saturated carbocycles. The van der Waals surface area contributed by atoms with Crippen LogP contribution in [0.2, 0.25) is 0 Å². The van der Waals surface area contributed by atoms with Crippen molar-refractivity contribution in [3.8, 4) is 0 Å². The molecule has 0 bridgehead atoms. The number of nitrogens with zero attached hydrogens (tertiary/aromatic N) is 1. The zero-order valence-corrected chi connectivity index (χ0v) is 11.3. The Bertz CT molecular complexity index is 202. The van der Waals surface area contributed by atoms with Crippen molar-refractivity contribution in [2.75, 3.05) is 26.7 Å². The first-order valence-corrected chi connectivity index (χ1v) is 6.58. The number of likely N-dealkylation sites (tertiary alicyclic amines) is 1. The van der Waals surface area contributed by atoms with Crippen LogP contribution in [0.5, 0.6) is 0 Å². The van der Waals surface area contributed by atoms with Crippen LogP contribution in [0, 0.1) is 5.92 Å². The molecule has 3 nitrogen and oxygen atoms in total. The van der Waals surface area contributed by atoms with Gasteiger partial charge in [0, 0.05) is 19.1 Å². The van der Waals surface area contributed by atoms with Crippen molar-refractivity contribution in [3.05, 3.63) is 0 Å². The summed E-state index contributed by atoms with van der Waals surface area (Å²) >= 11 is 0. The van der Waals surface area contributed by atoms with Gasteiger partial charge in [-0.25, -0.2) is 0 Å². The van der Waals surface area contributed by atoms with Crippen molar-refractivity contribution in [1.82, 2.24) is 10.2 Å². The minimum absolute atomic E-state index is 0.310. The van der Waals surface area contributed by atoms with E-state index in [1.807, 2.05) is 14.0 Å². The van der Waals surface area contributed by atoms with Gasteiger partial charge in [0.15, 0.2) is 0 Å². The summed E-state index contributed by atoms with van der Waals surface area (Å²) in [6.45, 7) is 9.12. The highest BCUT2D eigenvalue weighted by Gasteiger charge is 2.31. The minimum atomic E-state index is -0.566. The predicted octanol–water partition coefficient (Wildman–Crippen LogP) is 1.47. The Morgan fingerprint density at radius 1 is 1.44 bits per heavy atom. The number of nitrogens with one attached hydrogen (secondary N) is 1. The van der Waals surface area contributed by atoms with Crippen LogP contribution in [-0.2, 0) is 0 Å². The lowest BCUT2D eigenvalue weighted by Gasteiger charge is -2.41. The second-order valence-electron chi connectivity index (χ2n) is 5.69. The van der Waals surface area contributed by atoms with Gasteiger partial charge >= 0.3 is 0 Å². The molecular formula is C13H28N2O. The first kappa shape index (κ1) is 13.9. The van der Waals surface area contributed by atoms with Gasteiger partial charge in [-0.15, -0.1) is 0 Å². The van der Waals surface area contributed by atoms with E-state index in [1.165, 1.54) is 19.3 Å². The fraction of sp³-hybridized carbons (Fsp3) is 1.00. The maximum absolute atomic E-state index is 10.4. The number of piperidine rings is 1. The molecule has 0 spiro atoms. The van der Waals surface area contributed by atoms with E-state index in [0.717, 1.165) is 19.6 Å². The smallest absolute Gasteiger partial charge is 0.0768 e. The van der Waals surface area contributed by atoms with E-state index < -0.39 is 5.60 Å². The summed E-state index contributed by atoms with van der Waals surface area (Å²) in [5.74, 6) is 0.310. The fourth-order valence-corrected chi connectivity index (χ4v) is 2.33. The van der Waals surface area contributed by atoms with Gasteiger partial charge < -0.3 is 10.4 Å². The topological polar surface area (TPSA) is 35.5 Å². The first-order chi connectivity index (χ1) is 7.47. The molecule has 0 aromatic carbocycles. The van der Waals surface area contributed by atoms with Crippen LogP contribution in [0.3, 0.4) is 0 Å². The van der Waals surface area contributed by atoms with Crippen molar-refractivity contribution in [3.63, 3.8) is 0 Å². The SMILES string of the molecule is CNCC1CCCCN1CC(C)(O)C(C)C. The zero-order chi connectivity index (χ0) is 12.2. The van der Waals surface area contributed by atoms with E-state index in [2.05, 4.69) is 24.1 Å². The third-order valence-corrected chi connectivity index (χ3v) is 3.96. The fourth-order valence-electron chi connectivity index (χ4n) is 2.33. The number of aliphatic hydroxyl groups is 1. The number of hydrogen-bond donors (Lipinski definition) is 2. The molecule has 0 aromatic heterocycles. The van der Waals surface area contributed by atoms with Gasteiger partial charge in [-0.1, -0.05) is 20.3 Å². The molecule has 2 atom stereocenters. The van der Waals surface area contributed by atoms with Crippen molar-refractivity contribution in [2.24, 2.45) is 5.92 Å². The molecule has 0 aliphatic carbocycles. The summed E-state index contributed by atoms with van der Waals surface area (Å²) in [4.78, 5) is 2.46. The number of rotatable bonds is 5. The lowest BCUT2D eigenvalue weighted by atomic mass is 9.90. The van der Waals surface area contributed by atoms with E-state index in [4.69, 9.17) is 0 Å². The molecule has 1 heterocycles. The maximum Gasteiger partial charge on any atom is 0.0768 e. The Balaban J connectivity index is 2.55. The van der Waals surface area contributed by atoms with Crippen LogP contribution >= 0.6 is 0 Å². The van der Waals surface area contributed by atoms with Crippen LogP contribution in [0.25, 0.3) is 0 Å². The molecule has 3 heteroatoms. The van der Waals surface area contributed by atoms with Gasteiger partial charge in [-0.05, 0) is 39.3 Å². The second-order valence-corrected chi connectivity index (χ2v) is 5.69. The lowest BCUT2D eigenvalue weighted by Crippen LogP contribution is -2.52. The van der Waals surface area contributed by atoms with Gasteiger partial charge in [0.2, 0.25) is 0 Å². The summed E-state index contributed by atoms with van der Waals surface area (Å²) in [5.41, 5.74) is -0.566. The number of hydrogen-bond acceptors (Lipinski definition) is 3. The van der Waals surface area contributed by atoms with E-state index in [-0.39, 0.29) is 0 Å². The Morgan fingerprint density at radius 2 is 2.12 bits per heavy atom. The summed E-state index contributed by atoms with van der Waals surface area (Å²) in [7, 11) is 2.01. The molecule has 96 valence electrons. The monoisotopic (exact) mass is 228 g/mol. The Labute approximate surface area is 100 Å². The summed E-state index contributed by atoms with van der Waals surface area (Å²) in [6.07, 6.45) is 3.86. The van der Waals surface area contributed by atoms with Crippen molar-refractivity contribution >= 4 is 0 Å². The third-order valence-electron chi connectivity index (χ3n) is 3.96. The largest absolute Gasteiger partial charge is 0.389 e. The molecule has 1 aliphatic heterocycles. The van der Waals surface area contributed by atoms with Gasteiger partial charge in [0.25, 0.3) is 0 Å². The molecule has 16 heavy (non-hydrogen) atoms. The van der Waals surface area contributed by atoms with Crippen LogP contribution in [0.15, 0.2) is 0 Å². The highest BCUT2D eigenvalue weighted by Crippen LogP contribution is 2.23. The average Bonchev–Trinajstić information content (AvgIpc) is 2.20. The molecule has 1 rings (SSSR count). The molecule has 1 fully saturated rings. The summed E-state index contributed by atoms with van der Waals surface area (Å²) < 4.78 is 0. The Kier molecular flexibility index (Phi) is 5.22. The molecule has 1 saturated heterocycles. The van der Waals surface area contributed by atoms with E-state index in [0.29, 0.717) is 12.0 Å². The van der Waals surface area contributed by atoms with Crippen LogP contribution in [0.4, 0.5) is 0 Å². The quantitative estimate of drug-likeness (QED) is 0.748. The van der Waals surface area contributed by atoms with E-state index >= 15 is 0 Å². The number of β-amino-alcohol motifs (C(OH)–C–C–N with tert-alkyl or cyclic N) is 1. The molecule has 0 radical (unpaired) electrons. The van der Waals surface area contributed by atoms with Crippen molar-refractivity contribution in [1.29, 1.82) is 0 Å². The highest BCUT2D eigenvalue weighted by molar-refractivity contribution is 4.86. The molecule has 1 aliphatic rings. The highest BCUT2D eigenvalue weighted by atomic mass is 16.3. The molecule has 2 unspecified atom stereocenters. The van der Waals surface area contributed by atoms with Gasteiger partial charge in [-0.2, -0.15) is 0 Å². The molecule has 2 N–H and O–H groups in total. The lowest BCUT2D eigenvalue weighted by molar-refractivity contribution is -0.0354. The predicted molar refractivity (Wildman–Crippen MR) is 68.6 cm³/mol. The normalized spacial score (nSPS) is 27.0. The first-order valence-electron chi connectivity index (χ1n) is 6.58. The van der Waals surface area contributed by atoms with Crippen molar-refractivity contribution < 1.29 is 5.11 Å². The summed E-state index contributed by atoms with van der Waals surface area (Å²) in [5, 5.41) is 13.6. The van der Waals surface area contributed by atoms with Gasteiger partial charge in [-0.3, -0.25) is 4.90 Å². The zero-order valence-electron chi connectivity index (χ0n) is 11.3. The number of likely N-dealkylation sites (N-methyl/N-ethyl adjacent to an activating group) is 1. The standard InChI is InChI=1S/C13H28N2O/c1-11(2)13(3,16)10-15-8-6-5-7-12(15)9-14-4/h11-12,14,16H,5-10H2,1-4H3. The van der Waals surface area contributed by atoms with Crippen LogP contribution < -0.4 is 5.32 Å². The average molecular weight is 228 g/mol. The Morgan fingerprint density at radius 3 is 2.69 bits per heavy atom. The minimum Gasteiger partial charge on any atom is -0.389 e. The van der Waals surface area contributed by atoms with Gasteiger partial charge in [0.05, 0.1) is 5.60 Å². The third kappa shape index (κ3) is 3.72. The Hall–Kier alpha value is -0.120. The van der Waals surface area contributed by atoms with Crippen LogP contribution in [0.1, 0.15) is 40.0 Å².